The van der Waals surface area contributed by atoms with Crippen molar-refractivity contribution >= 4 is 0 Å². The topological polar surface area (TPSA) is 67.5 Å². The normalized spacial score (nSPS) is 17.6. The van der Waals surface area contributed by atoms with Gasteiger partial charge in [-0.2, -0.15) is 0 Å². The van der Waals surface area contributed by atoms with Gasteiger partial charge in [0.2, 0.25) is 0 Å². The summed E-state index contributed by atoms with van der Waals surface area (Å²) in [4.78, 5) is 0. The van der Waals surface area contributed by atoms with Crippen LogP contribution < -0.4 is 10.1 Å². The van der Waals surface area contributed by atoms with Crippen LogP contribution >= 0.6 is 0 Å². The van der Waals surface area contributed by atoms with Gasteiger partial charge in [0, 0.05) is 18.1 Å². The largest absolute Gasteiger partial charge is 0.497 e. The molecule has 1 aliphatic heterocycles. The number of piperidine rings is 1. The van der Waals surface area contributed by atoms with Gasteiger partial charge in [0.05, 0.1) is 12.7 Å². The Kier molecular flexibility index (Phi) is 3.94. The van der Waals surface area contributed by atoms with E-state index < -0.39 is 5.60 Å². The molecule has 2 heterocycles. The third-order valence-electron chi connectivity index (χ3n) is 3.96. The Morgan fingerprint density at radius 2 is 2.14 bits per heavy atom. The van der Waals surface area contributed by atoms with Gasteiger partial charge in [-0.15, -0.1) is 0 Å². The molecule has 0 aliphatic carbocycles. The van der Waals surface area contributed by atoms with Crippen LogP contribution in [0.3, 0.4) is 0 Å². The molecule has 0 bridgehead atoms. The van der Waals surface area contributed by atoms with Gasteiger partial charge >= 0.3 is 0 Å². The zero-order valence-corrected chi connectivity index (χ0v) is 12.1. The highest BCUT2D eigenvalue weighted by atomic mass is 16.5. The molecule has 1 saturated heterocycles. The molecule has 5 heteroatoms. The lowest BCUT2D eigenvalue weighted by atomic mass is 9.88. The second-order valence-corrected chi connectivity index (χ2v) is 5.56. The zero-order chi connectivity index (χ0) is 14.7. The van der Waals surface area contributed by atoms with Gasteiger partial charge in [0.15, 0.2) is 0 Å². The van der Waals surface area contributed by atoms with E-state index in [1.165, 1.54) is 0 Å². The highest BCUT2D eigenvalue weighted by Gasteiger charge is 2.30. The molecule has 0 saturated carbocycles. The van der Waals surface area contributed by atoms with Crippen molar-refractivity contribution in [1.82, 2.24) is 10.5 Å². The summed E-state index contributed by atoms with van der Waals surface area (Å²) in [6, 6.07) is 9.59. The zero-order valence-electron chi connectivity index (χ0n) is 12.1. The van der Waals surface area contributed by atoms with E-state index in [0.29, 0.717) is 6.42 Å². The first kappa shape index (κ1) is 14.1. The molecular formula is C16H20N2O3. The van der Waals surface area contributed by atoms with Gasteiger partial charge in [-0.3, -0.25) is 0 Å². The molecule has 2 aromatic rings. The van der Waals surface area contributed by atoms with E-state index in [9.17, 15) is 5.11 Å². The van der Waals surface area contributed by atoms with Crippen molar-refractivity contribution in [2.75, 3.05) is 20.2 Å². The summed E-state index contributed by atoms with van der Waals surface area (Å²) in [6.45, 7) is 1.68. The number of methoxy groups -OCH3 is 1. The van der Waals surface area contributed by atoms with Crippen molar-refractivity contribution in [2.45, 2.75) is 24.9 Å². The van der Waals surface area contributed by atoms with Crippen LogP contribution in [0.2, 0.25) is 0 Å². The molecule has 2 N–H and O–H groups in total. The van der Waals surface area contributed by atoms with Crippen molar-refractivity contribution in [2.24, 2.45) is 0 Å². The van der Waals surface area contributed by atoms with Crippen LogP contribution in [0.1, 0.15) is 18.6 Å². The summed E-state index contributed by atoms with van der Waals surface area (Å²) in [5.41, 5.74) is 1.03. The Balaban J connectivity index is 1.76. The molecular weight excluding hydrogens is 268 g/mol. The Hall–Kier alpha value is -1.85. The number of aromatic nitrogens is 1. The maximum absolute atomic E-state index is 10.5. The first-order valence-electron chi connectivity index (χ1n) is 7.22. The van der Waals surface area contributed by atoms with Gasteiger partial charge in [-0.25, -0.2) is 0 Å². The van der Waals surface area contributed by atoms with Crippen molar-refractivity contribution in [1.29, 1.82) is 0 Å². The fourth-order valence-corrected chi connectivity index (χ4v) is 2.71. The third-order valence-corrected chi connectivity index (χ3v) is 3.96. The lowest BCUT2D eigenvalue weighted by Crippen LogP contribution is -2.43. The molecule has 0 spiro atoms. The van der Waals surface area contributed by atoms with Crippen LogP contribution in [0.15, 0.2) is 34.9 Å². The number of hydrogen-bond acceptors (Lipinski definition) is 5. The predicted molar refractivity (Wildman–Crippen MR) is 79.2 cm³/mol. The van der Waals surface area contributed by atoms with Gasteiger partial charge in [-0.1, -0.05) is 17.3 Å². The molecule has 1 fully saturated rings. The Morgan fingerprint density at radius 1 is 1.33 bits per heavy atom. The van der Waals surface area contributed by atoms with Gasteiger partial charge in [-0.05, 0) is 38.1 Å². The highest BCUT2D eigenvalue weighted by molar-refractivity contribution is 5.60. The van der Waals surface area contributed by atoms with Crippen LogP contribution in [-0.4, -0.2) is 36.1 Å². The van der Waals surface area contributed by atoms with E-state index >= 15 is 0 Å². The molecule has 1 aromatic carbocycles. The summed E-state index contributed by atoms with van der Waals surface area (Å²) in [5.74, 6) is 1.51. The summed E-state index contributed by atoms with van der Waals surface area (Å²) in [7, 11) is 1.64. The summed E-state index contributed by atoms with van der Waals surface area (Å²) < 4.78 is 10.6. The van der Waals surface area contributed by atoms with Crippen LogP contribution in [-0.2, 0) is 6.42 Å². The lowest BCUT2D eigenvalue weighted by molar-refractivity contribution is 0.00548. The summed E-state index contributed by atoms with van der Waals surface area (Å²) in [5, 5.41) is 17.9. The third kappa shape index (κ3) is 3.25. The van der Waals surface area contributed by atoms with Crippen molar-refractivity contribution in [3.05, 3.63) is 36.1 Å². The number of hydrogen-bond donors (Lipinski definition) is 2. The molecule has 112 valence electrons. The SMILES string of the molecule is COc1cccc(-c2cc(CC3(O)CCNCC3)on2)c1. The van der Waals surface area contributed by atoms with Crippen molar-refractivity contribution < 1.29 is 14.4 Å². The van der Waals surface area contributed by atoms with Crippen molar-refractivity contribution in [3.8, 4) is 17.0 Å². The quantitative estimate of drug-likeness (QED) is 0.901. The maximum atomic E-state index is 10.5. The predicted octanol–water partition coefficient (Wildman–Crippen LogP) is 2.01. The van der Waals surface area contributed by atoms with Crippen LogP contribution in [0.4, 0.5) is 0 Å². The second-order valence-electron chi connectivity index (χ2n) is 5.56. The standard InChI is InChI=1S/C16H20N2O3/c1-20-13-4-2-3-12(9-13)15-10-14(21-18-15)11-16(19)5-7-17-8-6-16/h2-4,9-10,17,19H,5-8,11H2,1H3. The lowest BCUT2D eigenvalue weighted by Gasteiger charge is -2.31. The van der Waals surface area contributed by atoms with E-state index in [1.807, 2.05) is 30.3 Å². The van der Waals surface area contributed by atoms with Crippen LogP contribution in [0, 0.1) is 0 Å². The fraction of sp³-hybridized carbons (Fsp3) is 0.438. The highest BCUT2D eigenvalue weighted by Crippen LogP contribution is 2.27. The van der Waals surface area contributed by atoms with Gasteiger partial charge < -0.3 is 19.7 Å². The van der Waals surface area contributed by atoms with Crippen LogP contribution in [0.5, 0.6) is 5.75 Å². The number of benzene rings is 1. The first-order chi connectivity index (χ1) is 10.2. The molecule has 3 rings (SSSR count). The molecule has 0 amide bonds. The van der Waals surface area contributed by atoms with E-state index in [-0.39, 0.29) is 0 Å². The number of ether oxygens (including phenoxy) is 1. The maximum Gasteiger partial charge on any atom is 0.140 e. The van der Waals surface area contributed by atoms with Gasteiger partial charge in [0.1, 0.15) is 17.2 Å². The number of rotatable bonds is 4. The van der Waals surface area contributed by atoms with Crippen LogP contribution in [0.25, 0.3) is 11.3 Å². The Bertz CT molecular complexity index is 603. The molecule has 21 heavy (non-hydrogen) atoms. The van der Waals surface area contributed by atoms with E-state index in [0.717, 1.165) is 48.7 Å². The average molecular weight is 288 g/mol. The van der Waals surface area contributed by atoms with E-state index in [1.54, 1.807) is 7.11 Å². The molecule has 0 radical (unpaired) electrons. The number of aliphatic hydroxyl groups is 1. The van der Waals surface area contributed by atoms with E-state index in [4.69, 9.17) is 9.26 Å². The summed E-state index contributed by atoms with van der Waals surface area (Å²) >= 11 is 0. The Morgan fingerprint density at radius 3 is 2.90 bits per heavy atom. The average Bonchev–Trinajstić information content (AvgIpc) is 2.96. The minimum Gasteiger partial charge on any atom is -0.497 e. The minimum atomic E-state index is -0.684. The first-order valence-corrected chi connectivity index (χ1v) is 7.22. The molecule has 0 atom stereocenters. The van der Waals surface area contributed by atoms with Crippen molar-refractivity contribution in [3.63, 3.8) is 0 Å². The molecule has 5 nitrogen and oxygen atoms in total. The smallest absolute Gasteiger partial charge is 0.140 e. The Labute approximate surface area is 123 Å². The second kappa shape index (κ2) is 5.87. The number of nitrogens with zero attached hydrogens (tertiary/aromatic N) is 1. The number of nitrogens with one attached hydrogen (secondary N) is 1. The van der Waals surface area contributed by atoms with E-state index in [2.05, 4.69) is 10.5 Å². The minimum absolute atomic E-state index is 0.506. The molecule has 1 aromatic heterocycles. The molecule has 1 aliphatic rings. The summed E-state index contributed by atoms with van der Waals surface area (Å²) in [6.07, 6.45) is 1.98. The fourth-order valence-electron chi connectivity index (χ4n) is 2.71. The van der Waals surface area contributed by atoms with Gasteiger partial charge in [0.25, 0.3) is 0 Å². The molecule has 0 unspecified atom stereocenters. The monoisotopic (exact) mass is 288 g/mol.